The van der Waals surface area contributed by atoms with Crippen LogP contribution in [-0.4, -0.2) is 10.7 Å². The van der Waals surface area contributed by atoms with Crippen LogP contribution in [0.15, 0.2) is 35.7 Å². The first-order valence-corrected chi connectivity index (χ1v) is 7.13. The lowest BCUT2D eigenvalue weighted by atomic mass is 9.79. The minimum absolute atomic E-state index is 0.0474. The van der Waals surface area contributed by atoms with E-state index in [2.05, 4.69) is 27.4 Å². The molecule has 1 rings (SSSR count). The van der Waals surface area contributed by atoms with E-state index < -0.39 is 5.60 Å². The van der Waals surface area contributed by atoms with Gasteiger partial charge in [0.1, 0.15) is 5.83 Å². The number of rotatable bonds is 3. The molecule has 0 saturated heterocycles. The van der Waals surface area contributed by atoms with E-state index in [4.69, 9.17) is 0 Å². The van der Waals surface area contributed by atoms with Gasteiger partial charge in [0.05, 0.1) is 5.60 Å². The second-order valence-electron chi connectivity index (χ2n) is 6.72. The molecule has 0 aromatic heterocycles. The average molecular weight is 266 g/mol. The molecule has 19 heavy (non-hydrogen) atoms. The Balaban J connectivity index is 2.81. The van der Waals surface area contributed by atoms with Crippen molar-refractivity contribution in [2.75, 3.05) is 0 Å². The van der Waals surface area contributed by atoms with Gasteiger partial charge in [-0.05, 0) is 42.9 Å². The first-order valence-electron chi connectivity index (χ1n) is 7.13. The summed E-state index contributed by atoms with van der Waals surface area (Å²) in [7, 11) is 0. The Bertz CT molecular complexity index is 390. The molecule has 0 aromatic rings. The van der Waals surface area contributed by atoms with Crippen molar-refractivity contribution in [2.45, 2.75) is 65.4 Å². The molecule has 1 nitrogen and oxygen atoms in total. The van der Waals surface area contributed by atoms with Gasteiger partial charge in [-0.25, -0.2) is 4.39 Å². The molecule has 1 N–H and O–H groups in total. The summed E-state index contributed by atoms with van der Waals surface area (Å²) in [5, 5.41) is 10.5. The topological polar surface area (TPSA) is 20.2 Å². The Kier molecular flexibility index (Phi) is 5.14. The van der Waals surface area contributed by atoms with Crippen molar-refractivity contribution in [1.82, 2.24) is 0 Å². The Morgan fingerprint density at radius 3 is 2.16 bits per heavy atom. The van der Waals surface area contributed by atoms with Crippen LogP contribution in [0, 0.1) is 5.41 Å². The van der Waals surface area contributed by atoms with Crippen molar-refractivity contribution in [3.05, 3.63) is 35.7 Å². The molecule has 108 valence electrons. The van der Waals surface area contributed by atoms with Crippen molar-refractivity contribution in [3.63, 3.8) is 0 Å². The summed E-state index contributed by atoms with van der Waals surface area (Å²) < 4.78 is 14.0. The Labute approximate surface area is 116 Å². The summed E-state index contributed by atoms with van der Waals surface area (Å²) >= 11 is 0. The zero-order chi connectivity index (χ0) is 14.7. The molecule has 1 aliphatic rings. The van der Waals surface area contributed by atoms with Crippen LogP contribution in [0.25, 0.3) is 0 Å². The maximum atomic E-state index is 14.0. The van der Waals surface area contributed by atoms with Gasteiger partial charge in [-0.3, -0.25) is 0 Å². The molecule has 0 spiro atoms. The quantitative estimate of drug-likeness (QED) is 0.706. The smallest absolute Gasteiger partial charge is 0.123 e. The summed E-state index contributed by atoms with van der Waals surface area (Å²) in [5.74, 6) is -0.323. The fraction of sp³-hybridized carbons (Fsp3) is 0.647. The summed E-state index contributed by atoms with van der Waals surface area (Å²) in [5.41, 5.74) is 0.528. The predicted molar refractivity (Wildman–Crippen MR) is 79.6 cm³/mol. The van der Waals surface area contributed by atoms with Crippen LogP contribution in [0.1, 0.15) is 59.8 Å². The zero-order valence-corrected chi connectivity index (χ0v) is 12.7. The second-order valence-corrected chi connectivity index (χ2v) is 6.72. The van der Waals surface area contributed by atoms with Gasteiger partial charge in [-0.2, -0.15) is 0 Å². The number of hydrogen-bond acceptors (Lipinski definition) is 1. The molecule has 0 amide bonds. The summed E-state index contributed by atoms with van der Waals surface area (Å²) in [4.78, 5) is 0. The molecule has 0 heterocycles. The lowest BCUT2D eigenvalue weighted by Crippen LogP contribution is -2.32. The van der Waals surface area contributed by atoms with Crippen LogP contribution in [0.2, 0.25) is 0 Å². The molecule has 0 aliphatic heterocycles. The average Bonchev–Trinajstić information content (AvgIpc) is 2.28. The lowest BCUT2D eigenvalue weighted by molar-refractivity contribution is 0.0432. The van der Waals surface area contributed by atoms with Gasteiger partial charge in [0.15, 0.2) is 0 Å². The first kappa shape index (κ1) is 16.2. The maximum Gasteiger partial charge on any atom is 0.123 e. The molecule has 0 atom stereocenters. The molecule has 0 unspecified atom stereocenters. The van der Waals surface area contributed by atoms with Crippen LogP contribution in [0.3, 0.4) is 0 Å². The monoisotopic (exact) mass is 266 g/mol. The molecular formula is C17H27FO. The Morgan fingerprint density at radius 1 is 1.16 bits per heavy atom. The Hall–Kier alpha value is -0.890. The van der Waals surface area contributed by atoms with Crippen molar-refractivity contribution in [1.29, 1.82) is 0 Å². The molecule has 1 aliphatic carbocycles. The number of allylic oxidation sites excluding steroid dienone is 3. The second kappa shape index (κ2) is 6.04. The van der Waals surface area contributed by atoms with Crippen molar-refractivity contribution < 1.29 is 9.50 Å². The van der Waals surface area contributed by atoms with Crippen LogP contribution >= 0.6 is 0 Å². The summed E-state index contributed by atoms with van der Waals surface area (Å²) in [6, 6.07) is 0. The highest BCUT2D eigenvalue weighted by molar-refractivity contribution is 5.33. The highest BCUT2D eigenvalue weighted by atomic mass is 19.1. The van der Waals surface area contributed by atoms with Gasteiger partial charge in [0, 0.05) is 0 Å². The minimum atomic E-state index is -0.904. The fourth-order valence-electron chi connectivity index (χ4n) is 2.22. The van der Waals surface area contributed by atoms with E-state index in [0.29, 0.717) is 18.4 Å². The molecule has 0 radical (unpaired) electrons. The molecule has 0 aromatic carbocycles. The first-order chi connectivity index (χ1) is 8.65. The van der Waals surface area contributed by atoms with Gasteiger partial charge >= 0.3 is 0 Å². The number of hydrogen-bond donors (Lipinski definition) is 1. The van der Waals surface area contributed by atoms with Crippen molar-refractivity contribution in [2.24, 2.45) is 5.41 Å². The normalized spacial score (nSPS) is 21.4. The van der Waals surface area contributed by atoms with Crippen molar-refractivity contribution in [3.8, 4) is 0 Å². The van der Waals surface area contributed by atoms with Gasteiger partial charge < -0.3 is 5.11 Å². The Morgan fingerprint density at radius 2 is 1.68 bits per heavy atom. The van der Waals surface area contributed by atoms with Crippen LogP contribution in [0.5, 0.6) is 0 Å². The predicted octanol–water partition coefficient (Wildman–Crippen LogP) is 5.08. The summed E-state index contributed by atoms with van der Waals surface area (Å²) in [6.45, 7) is 11.9. The standard InChI is InChI=1S/C17H27FO/c1-13(16(3,4)5)11-15(18)12-14(2)17(19)9-7-6-8-10-17/h11-12,19H,2,6-10H2,1,3-5H3/b13-11+,15-12+. The van der Waals surface area contributed by atoms with E-state index in [1.165, 1.54) is 12.2 Å². The largest absolute Gasteiger partial charge is 0.385 e. The minimum Gasteiger partial charge on any atom is -0.385 e. The van der Waals surface area contributed by atoms with E-state index in [9.17, 15) is 9.50 Å². The van der Waals surface area contributed by atoms with Crippen molar-refractivity contribution >= 4 is 0 Å². The molecule has 1 saturated carbocycles. The highest BCUT2D eigenvalue weighted by Crippen LogP contribution is 2.35. The van der Waals surface area contributed by atoms with Gasteiger partial charge in [-0.15, -0.1) is 0 Å². The third-order valence-electron chi connectivity index (χ3n) is 4.13. The SMILES string of the molecule is C=C(/C=C(F)\C=C(/C)C(C)(C)C)C1(O)CCCCC1. The van der Waals surface area contributed by atoms with Crippen LogP contribution in [0.4, 0.5) is 4.39 Å². The number of halogens is 1. The van der Waals surface area contributed by atoms with E-state index in [0.717, 1.165) is 24.8 Å². The van der Waals surface area contributed by atoms with E-state index in [1.807, 2.05) is 6.92 Å². The third kappa shape index (κ3) is 4.61. The third-order valence-corrected chi connectivity index (χ3v) is 4.13. The zero-order valence-electron chi connectivity index (χ0n) is 12.7. The number of aliphatic hydroxyl groups is 1. The van der Waals surface area contributed by atoms with E-state index in [1.54, 1.807) is 0 Å². The highest BCUT2D eigenvalue weighted by Gasteiger charge is 2.31. The molecular weight excluding hydrogens is 239 g/mol. The fourth-order valence-corrected chi connectivity index (χ4v) is 2.22. The molecule has 2 heteroatoms. The lowest BCUT2D eigenvalue weighted by Gasteiger charge is -2.32. The molecule has 0 bridgehead atoms. The molecule has 1 fully saturated rings. The van der Waals surface area contributed by atoms with E-state index >= 15 is 0 Å². The van der Waals surface area contributed by atoms with Gasteiger partial charge in [0.25, 0.3) is 0 Å². The van der Waals surface area contributed by atoms with E-state index in [-0.39, 0.29) is 11.2 Å². The van der Waals surface area contributed by atoms with Gasteiger partial charge in [0.2, 0.25) is 0 Å². The van der Waals surface area contributed by atoms with Gasteiger partial charge in [-0.1, -0.05) is 52.2 Å². The van der Waals surface area contributed by atoms with Crippen LogP contribution < -0.4 is 0 Å². The summed E-state index contributed by atoms with van der Waals surface area (Å²) in [6.07, 6.45) is 7.43. The van der Waals surface area contributed by atoms with Crippen LogP contribution in [-0.2, 0) is 0 Å². The maximum absolute atomic E-state index is 14.0.